The maximum atomic E-state index is 6.18. The number of pyridine rings is 1. The molecule has 0 saturated heterocycles. The summed E-state index contributed by atoms with van der Waals surface area (Å²) in [7, 11) is 0. The third-order valence-corrected chi connectivity index (χ3v) is 5.36. The standard InChI is InChI=1S/C21H15BrCl2N2/c1-13-9-18(22)21-25-20(15-5-7-16(23)8-6-15)19(26(21)12-13)11-14-3-2-4-17(24)10-14/h2-10,12H,11H2,1H3. The summed E-state index contributed by atoms with van der Waals surface area (Å²) in [4.78, 5) is 4.91. The van der Waals surface area contributed by atoms with E-state index in [4.69, 9.17) is 28.2 Å². The Hall–Kier alpha value is -1.81. The van der Waals surface area contributed by atoms with E-state index in [9.17, 15) is 0 Å². The number of aryl methyl sites for hydroxylation is 1. The number of imidazole rings is 1. The molecule has 4 aromatic rings. The molecule has 4 rings (SSSR count). The number of nitrogens with zero attached hydrogens (tertiary/aromatic N) is 2. The van der Waals surface area contributed by atoms with E-state index in [-0.39, 0.29) is 0 Å². The van der Waals surface area contributed by atoms with Crippen LogP contribution in [-0.2, 0) is 6.42 Å². The highest BCUT2D eigenvalue weighted by molar-refractivity contribution is 9.10. The van der Waals surface area contributed by atoms with Crippen molar-refractivity contribution in [3.63, 3.8) is 0 Å². The van der Waals surface area contributed by atoms with Crippen molar-refractivity contribution in [2.75, 3.05) is 0 Å². The van der Waals surface area contributed by atoms with E-state index >= 15 is 0 Å². The molecule has 0 aliphatic rings. The molecule has 0 atom stereocenters. The Morgan fingerprint density at radius 1 is 1.00 bits per heavy atom. The molecule has 2 aromatic heterocycles. The summed E-state index contributed by atoms with van der Waals surface area (Å²) in [5.74, 6) is 0. The molecule has 2 heterocycles. The van der Waals surface area contributed by atoms with Gasteiger partial charge in [-0.1, -0.05) is 47.5 Å². The van der Waals surface area contributed by atoms with Gasteiger partial charge in [0.05, 0.1) is 15.9 Å². The number of hydrogen-bond donors (Lipinski definition) is 0. The average molecular weight is 446 g/mol. The first-order valence-electron chi connectivity index (χ1n) is 8.19. The van der Waals surface area contributed by atoms with Gasteiger partial charge in [0.15, 0.2) is 5.65 Å². The van der Waals surface area contributed by atoms with Crippen LogP contribution in [0.1, 0.15) is 16.8 Å². The normalized spacial score (nSPS) is 11.2. The van der Waals surface area contributed by atoms with E-state index in [0.29, 0.717) is 5.02 Å². The van der Waals surface area contributed by atoms with Gasteiger partial charge in [0.2, 0.25) is 0 Å². The largest absolute Gasteiger partial charge is 0.302 e. The van der Waals surface area contributed by atoms with Crippen LogP contribution in [0.15, 0.2) is 65.3 Å². The highest BCUT2D eigenvalue weighted by Crippen LogP contribution is 2.31. The third kappa shape index (κ3) is 3.39. The van der Waals surface area contributed by atoms with Crippen LogP contribution < -0.4 is 0 Å². The average Bonchev–Trinajstić information content (AvgIpc) is 2.94. The topological polar surface area (TPSA) is 17.3 Å². The van der Waals surface area contributed by atoms with Gasteiger partial charge in [-0.15, -0.1) is 0 Å². The van der Waals surface area contributed by atoms with Crippen molar-refractivity contribution < 1.29 is 0 Å². The lowest BCUT2D eigenvalue weighted by molar-refractivity contribution is 1.02. The molecule has 0 radical (unpaired) electrons. The van der Waals surface area contributed by atoms with Gasteiger partial charge in [-0.05, 0) is 64.3 Å². The SMILES string of the molecule is Cc1cc(Br)c2nc(-c3ccc(Cl)cc3)c(Cc3cccc(Cl)c3)n2c1. The van der Waals surface area contributed by atoms with E-state index in [1.165, 1.54) is 0 Å². The van der Waals surface area contributed by atoms with E-state index in [1.807, 2.05) is 42.5 Å². The van der Waals surface area contributed by atoms with Gasteiger partial charge in [0.1, 0.15) is 0 Å². The molecule has 130 valence electrons. The summed E-state index contributed by atoms with van der Waals surface area (Å²) >= 11 is 15.9. The maximum absolute atomic E-state index is 6.18. The number of benzene rings is 2. The lowest BCUT2D eigenvalue weighted by Crippen LogP contribution is -1.98. The van der Waals surface area contributed by atoms with Gasteiger partial charge in [0, 0.05) is 28.2 Å². The minimum Gasteiger partial charge on any atom is -0.302 e. The zero-order valence-electron chi connectivity index (χ0n) is 14.0. The lowest BCUT2D eigenvalue weighted by atomic mass is 10.0. The van der Waals surface area contributed by atoms with Crippen molar-refractivity contribution >= 4 is 44.8 Å². The van der Waals surface area contributed by atoms with Crippen molar-refractivity contribution in [1.82, 2.24) is 9.38 Å². The fourth-order valence-electron chi connectivity index (χ4n) is 3.13. The Labute approximate surface area is 170 Å². The molecule has 0 amide bonds. The van der Waals surface area contributed by atoms with Crippen LogP contribution >= 0.6 is 39.1 Å². The molecule has 0 aliphatic heterocycles. The molecule has 0 fully saturated rings. The fourth-order valence-corrected chi connectivity index (χ4v) is 4.11. The lowest BCUT2D eigenvalue weighted by Gasteiger charge is -2.08. The van der Waals surface area contributed by atoms with Gasteiger partial charge in [-0.3, -0.25) is 0 Å². The van der Waals surface area contributed by atoms with Crippen LogP contribution in [0.5, 0.6) is 0 Å². The van der Waals surface area contributed by atoms with Crippen molar-refractivity contribution in [2.45, 2.75) is 13.3 Å². The maximum Gasteiger partial charge on any atom is 0.152 e. The fraction of sp³-hybridized carbons (Fsp3) is 0.0952. The first-order chi connectivity index (χ1) is 12.5. The molecule has 0 bridgehead atoms. The number of halogens is 3. The monoisotopic (exact) mass is 444 g/mol. The zero-order chi connectivity index (χ0) is 18.3. The first kappa shape index (κ1) is 17.6. The molecule has 0 saturated carbocycles. The van der Waals surface area contributed by atoms with E-state index < -0.39 is 0 Å². The van der Waals surface area contributed by atoms with Crippen LogP contribution in [0.2, 0.25) is 10.0 Å². The third-order valence-electron chi connectivity index (χ3n) is 4.29. The van der Waals surface area contributed by atoms with Crippen molar-refractivity contribution in [2.24, 2.45) is 0 Å². The van der Waals surface area contributed by atoms with Crippen LogP contribution in [0.4, 0.5) is 0 Å². The van der Waals surface area contributed by atoms with Gasteiger partial charge in [0.25, 0.3) is 0 Å². The summed E-state index contributed by atoms with van der Waals surface area (Å²) in [5, 5.41) is 1.45. The molecule has 26 heavy (non-hydrogen) atoms. The highest BCUT2D eigenvalue weighted by Gasteiger charge is 2.17. The molecule has 5 heteroatoms. The number of fused-ring (bicyclic) bond motifs is 1. The van der Waals surface area contributed by atoms with Crippen molar-refractivity contribution in [3.05, 3.63) is 92.1 Å². The number of rotatable bonds is 3. The Bertz CT molecular complexity index is 1100. The van der Waals surface area contributed by atoms with Crippen molar-refractivity contribution in [1.29, 1.82) is 0 Å². The predicted octanol–water partition coefficient (Wildman–Crippen LogP) is 6.97. The number of hydrogen-bond acceptors (Lipinski definition) is 1. The molecule has 0 unspecified atom stereocenters. The summed E-state index contributed by atoms with van der Waals surface area (Å²) in [5.41, 5.74) is 6.32. The van der Waals surface area contributed by atoms with E-state index in [1.54, 1.807) is 0 Å². The molecule has 0 spiro atoms. The minimum absolute atomic E-state index is 0.714. The van der Waals surface area contributed by atoms with Crippen LogP contribution in [0.25, 0.3) is 16.9 Å². The summed E-state index contributed by atoms with van der Waals surface area (Å²) < 4.78 is 3.13. The Morgan fingerprint density at radius 2 is 1.77 bits per heavy atom. The van der Waals surface area contributed by atoms with E-state index in [2.05, 4.69) is 45.6 Å². The summed E-state index contributed by atoms with van der Waals surface area (Å²) in [6.45, 7) is 2.08. The van der Waals surface area contributed by atoms with Crippen LogP contribution in [0.3, 0.4) is 0 Å². The Kier molecular flexibility index (Phi) is 4.78. The van der Waals surface area contributed by atoms with Gasteiger partial charge in [-0.25, -0.2) is 4.98 Å². The van der Waals surface area contributed by atoms with Crippen LogP contribution in [0, 0.1) is 6.92 Å². The summed E-state index contributed by atoms with van der Waals surface area (Å²) in [6, 6.07) is 17.8. The molecule has 2 aromatic carbocycles. The molecule has 0 N–H and O–H groups in total. The highest BCUT2D eigenvalue weighted by atomic mass is 79.9. The predicted molar refractivity (Wildman–Crippen MR) is 112 cm³/mol. The van der Waals surface area contributed by atoms with Crippen LogP contribution in [-0.4, -0.2) is 9.38 Å². The second-order valence-corrected chi connectivity index (χ2v) is 8.01. The molecule has 2 nitrogen and oxygen atoms in total. The van der Waals surface area contributed by atoms with Crippen molar-refractivity contribution in [3.8, 4) is 11.3 Å². The Balaban J connectivity index is 1.95. The van der Waals surface area contributed by atoms with Gasteiger partial charge >= 0.3 is 0 Å². The number of aromatic nitrogens is 2. The quantitative estimate of drug-likeness (QED) is 0.332. The molecule has 0 aliphatic carbocycles. The second-order valence-electron chi connectivity index (χ2n) is 6.28. The molecular formula is C21H15BrCl2N2. The van der Waals surface area contributed by atoms with Gasteiger partial charge < -0.3 is 4.40 Å². The van der Waals surface area contributed by atoms with Gasteiger partial charge in [-0.2, -0.15) is 0 Å². The second kappa shape index (κ2) is 7.07. The minimum atomic E-state index is 0.714. The van der Waals surface area contributed by atoms with E-state index in [0.717, 1.165) is 49.6 Å². The Morgan fingerprint density at radius 3 is 2.50 bits per heavy atom. The summed E-state index contributed by atoms with van der Waals surface area (Å²) in [6.07, 6.45) is 2.85. The zero-order valence-corrected chi connectivity index (χ0v) is 17.1. The smallest absolute Gasteiger partial charge is 0.152 e. The first-order valence-corrected chi connectivity index (χ1v) is 9.73. The molecular weight excluding hydrogens is 431 g/mol.